The molecule has 1 rings (SSSR count). The van der Waals surface area contributed by atoms with Crippen molar-refractivity contribution in [1.29, 1.82) is 0 Å². The lowest BCUT2D eigenvalue weighted by atomic mass is 10.3. The fourth-order valence-corrected chi connectivity index (χ4v) is 0.676. The lowest BCUT2D eigenvalue weighted by molar-refractivity contribution is 1.21. The smallest absolute Gasteiger partial charge is 0.266 e. The summed E-state index contributed by atoms with van der Waals surface area (Å²) in [5.74, 6) is 0. The van der Waals surface area contributed by atoms with E-state index in [0.29, 0.717) is 0 Å². The average molecular weight is 144 g/mol. The molecule has 0 amide bonds. The molecule has 9 heavy (non-hydrogen) atoms. The van der Waals surface area contributed by atoms with E-state index in [1.807, 2.05) is 0 Å². The molecule has 1 heterocycles. The van der Waals surface area contributed by atoms with Gasteiger partial charge < -0.3 is 4.98 Å². The molecule has 0 aliphatic heterocycles. The highest BCUT2D eigenvalue weighted by atomic mass is 35.5. The van der Waals surface area contributed by atoms with Crippen molar-refractivity contribution in [2.24, 2.45) is 0 Å². The van der Waals surface area contributed by atoms with Crippen LogP contribution in [-0.2, 0) is 0 Å². The number of hydrogen-bond acceptors (Lipinski definition) is 1. The first kappa shape index (κ1) is 6.36. The first-order valence-corrected chi connectivity index (χ1v) is 2.93. The largest absolute Gasteiger partial charge is 0.328 e. The maximum Gasteiger partial charge on any atom is 0.266 e. The van der Waals surface area contributed by atoms with Crippen LogP contribution in [-0.4, -0.2) is 4.98 Å². The summed E-state index contributed by atoms with van der Waals surface area (Å²) in [5, 5.41) is 0.275. The summed E-state index contributed by atoms with van der Waals surface area (Å²) < 4.78 is 0. The Hall–Kier alpha value is -0.760. The number of aromatic nitrogens is 1. The normalized spacial score (nSPS) is 9.56. The summed E-state index contributed by atoms with van der Waals surface area (Å²) in [6.45, 7) is 1.79. The quantitative estimate of drug-likeness (QED) is 0.584. The molecule has 0 bridgehead atoms. The van der Waals surface area contributed by atoms with E-state index >= 15 is 0 Å². The van der Waals surface area contributed by atoms with Crippen molar-refractivity contribution < 1.29 is 0 Å². The first-order chi connectivity index (χ1) is 4.22. The van der Waals surface area contributed by atoms with Crippen LogP contribution >= 0.6 is 11.6 Å². The van der Waals surface area contributed by atoms with Crippen LogP contribution in [0.4, 0.5) is 0 Å². The molecule has 1 N–H and O–H groups in total. The van der Waals surface area contributed by atoms with Crippen molar-refractivity contribution in [3.63, 3.8) is 0 Å². The fourth-order valence-electron chi connectivity index (χ4n) is 0.558. The lowest BCUT2D eigenvalue weighted by Crippen LogP contribution is -2.05. The van der Waals surface area contributed by atoms with Crippen LogP contribution < -0.4 is 5.56 Å². The maximum absolute atomic E-state index is 10.7. The van der Waals surface area contributed by atoms with Gasteiger partial charge in [0.05, 0.1) is 0 Å². The number of hydrogen-bond donors (Lipinski definition) is 1. The Bertz CT molecular complexity index is 266. The number of H-pyrrole nitrogens is 1. The Labute approximate surface area is 57.5 Å². The van der Waals surface area contributed by atoms with Crippen LogP contribution in [0.1, 0.15) is 5.56 Å². The van der Waals surface area contributed by atoms with Crippen LogP contribution in [0.25, 0.3) is 0 Å². The molecule has 0 aliphatic carbocycles. The average Bonchev–Trinajstić information content (AvgIpc) is 1.83. The topological polar surface area (TPSA) is 32.9 Å². The van der Waals surface area contributed by atoms with Crippen LogP contribution in [0.3, 0.4) is 0 Å². The van der Waals surface area contributed by atoms with Crippen LogP contribution in [0, 0.1) is 6.92 Å². The van der Waals surface area contributed by atoms with Gasteiger partial charge in [-0.05, 0) is 18.6 Å². The zero-order chi connectivity index (χ0) is 6.85. The summed E-state index contributed by atoms with van der Waals surface area (Å²) in [5.41, 5.74) is 0.581. The molecule has 0 saturated carbocycles. The molecular formula is C6H6ClNO. The molecule has 48 valence electrons. The van der Waals surface area contributed by atoms with Gasteiger partial charge in [-0.3, -0.25) is 4.79 Å². The third-order valence-corrected chi connectivity index (χ3v) is 1.56. The third kappa shape index (κ3) is 1.13. The monoisotopic (exact) mass is 143 g/mol. The lowest BCUT2D eigenvalue weighted by Gasteiger charge is -1.90. The van der Waals surface area contributed by atoms with Crippen molar-refractivity contribution in [1.82, 2.24) is 4.98 Å². The second-order valence-electron chi connectivity index (χ2n) is 1.80. The highest BCUT2D eigenvalue weighted by Gasteiger charge is 1.95. The molecule has 0 aromatic carbocycles. The molecule has 0 unspecified atom stereocenters. The number of pyridine rings is 1. The van der Waals surface area contributed by atoms with E-state index in [0.717, 1.165) is 5.56 Å². The van der Waals surface area contributed by atoms with Gasteiger partial charge in [0.1, 0.15) is 5.02 Å². The Kier molecular flexibility index (Phi) is 1.58. The fraction of sp³-hybridized carbons (Fsp3) is 0.167. The van der Waals surface area contributed by atoms with Gasteiger partial charge in [0.25, 0.3) is 5.56 Å². The predicted molar refractivity (Wildman–Crippen MR) is 36.8 cm³/mol. The van der Waals surface area contributed by atoms with Gasteiger partial charge in [0.15, 0.2) is 0 Å². The third-order valence-electron chi connectivity index (χ3n) is 1.09. The van der Waals surface area contributed by atoms with Crippen molar-refractivity contribution in [3.05, 3.63) is 33.2 Å². The minimum atomic E-state index is -0.225. The SMILES string of the molecule is Cc1cc[nH]c(=O)c1Cl. The summed E-state index contributed by atoms with van der Waals surface area (Å²) in [6, 6.07) is 1.75. The molecule has 0 radical (unpaired) electrons. The van der Waals surface area contributed by atoms with Crippen molar-refractivity contribution in [2.45, 2.75) is 6.92 Å². The highest BCUT2D eigenvalue weighted by Crippen LogP contribution is 2.05. The maximum atomic E-state index is 10.7. The summed E-state index contributed by atoms with van der Waals surface area (Å²) in [4.78, 5) is 13.1. The summed E-state index contributed by atoms with van der Waals surface area (Å²) in [6.07, 6.45) is 1.57. The molecule has 0 aliphatic rings. The summed E-state index contributed by atoms with van der Waals surface area (Å²) in [7, 11) is 0. The molecule has 0 saturated heterocycles. The van der Waals surface area contributed by atoms with E-state index in [9.17, 15) is 4.79 Å². The van der Waals surface area contributed by atoms with Crippen molar-refractivity contribution in [2.75, 3.05) is 0 Å². The minimum Gasteiger partial charge on any atom is -0.328 e. The number of aryl methyl sites for hydroxylation is 1. The van der Waals surface area contributed by atoms with Gasteiger partial charge in [-0.1, -0.05) is 11.6 Å². The second kappa shape index (κ2) is 2.23. The van der Waals surface area contributed by atoms with Gasteiger partial charge in [-0.25, -0.2) is 0 Å². The first-order valence-electron chi connectivity index (χ1n) is 2.55. The molecule has 2 nitrogen and oxygen atoms in total. The predicted octanol–water partition coefficient (Wildman–Crippen LogP) is 1.34. The van der Waals surface area contributed by atoms with Gasteiger partial charge in [0, 0.05) is 6.20 Å². The van der Waals surface area contributed by atoms with Crippen LogP contribution in [0.2, 0.25) is 5.02 Å². The molecule has 1 aromatic rings. The van der Waals surface area contributed by atoms with Crippen LogP contribution in [0.5, 0.6) is 0 Å². The molecular weight excluding hydrogens is 138 g/mol. The van der Waals surface area contributed by atoms with Gasteiger partial charge >= 0.3 is 0 Å². The van der Waals surface area contributed by atoms with E-state index in [1.54, 1.807) is 19.2 Å². The van der Waals surface area contributed by atoms with Crippen LogP contribution in [0.15, 0.2) is 17.1 Å². The number of halogens is 1. The molecule has 0 atom stereocenters. The molecule has 0 spiro atoms. The number of nitrogens with one attached hydrogen (secondary N) is 1. The van der Waals surface area contributed by atoms with E-state index < -0.39 is 0 Å². The standard InChI is InChI=1S/C6H6ClNO/c1-4-2-3-8-6(9)5(4)7/h2-3H,1H3,(H,8,9). The Morgan fingerprint density at radius 3 is 2.78 bits per heavy atom. The van der Waals surface area contributed by atoms with E-state index in [-0.39, 0.29) is 10.6 Å². The zero-order valence-electron chi connectivity index (χ0n) is 4.94. The molecule has 1 aromatic heterocycles. The van der Waals surface area contributed by atoms with Gasteiger partial charge in [0.2, 0.25) is 0 Å². The van der Waals surface area contributed by atoms with E-state index in [1.165, 1.54) is 0 Å². The van der Waals surface area contributed by atoms with Crippen molar-refractivity contribution in [3.8, 4) is 0 Å². The molecule has 3 heteroatoms. The second-order valence-corrected chi connectivity index (χ2v) is 2.18. The van der Waals surface area contributed by atoms with Gasteiger partial charge in [-0.15, -0.1) is 0 Å². The van der Waals surface area contributed by atoms with E-state index in [4.69, 9.17) is 11.6 Å². The Morgan fingerprint density at radius 1 is 1.67 bits per heavy atom. The van der Waals surface area contributed by atoms with Gasteiger partial charge in [-0.2, -0.15) is 0 Å². The Balaban J connectivity index is 3.43. The van der Waals surface area contributed by atoms with Crippen molar-refractivity contribution >= 4 is 11.6 Å². The highest BCUT2D eigenvalue weighted by molar-refractivity contribution is 6.31. The summed E-state index contributed by atoms with van der Waals surface area (Å²) >= 11 is 5.53. The number of aromatic amines is 1. The van der Waals surface area contributed by atoms with E-state index in [2.05, 4.69) is 4.98 Å². The minimum absolute atomic E-state index is 0.225. The number of rotatable bonds is 0. The Morgan fingerprint density at radius 2 is 2.33 bits per heavy atom. The zero-order valence-corrected chi connectivity index (χ0v) is 5.70. The molecule has 0 fully saturated rings.